The topological polar surface area (TPSA) is 59.2 Å². The quantitative estimate of drug-likeness (QED) is 0.671. The third-order valence-electron chi connectivity index (χ3n) is 6.15. The largest absolute Gasteiger partial charge is 0.369 e. The molecule has 2 N–H and O–H groups in total. The number of pyridine rings is 1. The Morgan fingerprint density at radius 2 is 1.73 bits per heavy atom. The van der Waals surface area contributed by atoms with Gasteiger partial charge >= 0.3 is 0 Å². The highest BCUT2D eigenvalue weighted by Gasteiger charge is 2.39. The first-order valence-electron chi connectivity index (χ1n) is 10.3. The van der Waals surface area contributed by atoms with Gasteiger partial charge in [0.25, 0.3) is 0 Å². The van der Waals surface area contributed by atoms with E-state index in [0.29, 0.717) is 12.0 Å². The molecule has 1 aliphatic heterocycles. The minimum absolute atomic E-state index is 0.235. The summed E-state index contributed by atoms with van der Waals surface area (Å²) in [7, 11) is 0. The van der Waals surface area contributed by atoms with E-state index in [2.05, 4.69) is 16.0 Å². The molecule has 0 saturated carbocycles. The fraction of sp³-hybridized carbons (Fsp3) is 0.280. The minimum Gasteiger partial charge on any atom is -0.369 e. The molecule has 2 heterocycles. The van der Waals surface area contributed by atoms with Gasteiger partial charge in [0.1, 0.15) is 5.82 Å². The fourth-order valence-electron chi connectivity index (χ4n) is 4.29. The molecule has 4 nitrogen and oxygen atoms in total. The molecular formula is C25H26FN3O. The highest BCUT2D eigenvalue weighted by molar-refractivity contribution is 5.81. The molecule has 0 aliphatic carbocycles. The van der Waals surface area contributed by atoms with E-state index in [0.717, 1.165) is 43.6 Å². The Hall–Kier alpha value is -3.05. The summed E-state index contributed by atoms with van der Waals surface area (Å²) in [6, 6.07) is 18.6. The number of halogens is 1. The molecule has 0 radical (unpaired) electrons. The Balaban J connectivity index is 1.44. The number of nitrogens with two attached hydrogens (primary N) is 1. The molecule has 3 aromatic rings. The summed E-state index contributed by atoms with van der Waals surface area (Å²) < 4.78 is 14.0. The number of primary amides is 1. The molecule has 154 valence electrons. The van der Waals surface area contributed by atoms with Crippen LogP contribution in [0, 0.1) is 11.2 Å². The van der Waals surface area contributed by atoms with Gasteiger partial charge in [-0.2, -0.15) is 0 Å². The van der Waals surface area contributed by atoms with Crippen molar-refractivity contribution in [2.45, 2.75) is 25.8 Å². The van der Waals surface area contributed by atoms with Crippen molar-refractivity contribution in [3.05, 3.63) is 90.0 Å². The number of carbonyl (C=O) groups is 1. The summed E-state index contributed by atoms with van der Waals surface area (Å²) in [5.74, 6) is -0.471. The van der Waals surface area contributed by atoms with Gasteiger partial charge in [-0.15, -0.1) is 0 Å². The first-order valence-corrected chi connectivity index (χ1v) is 10.3. The number of rotatable bonds is 6. The molecule has 1 aliphatic rings. The Morgan fingerprint density at radius 3 is 2.37 bits per heavy atom. The van der Waals surface area contributed by atoms with E-state index in [9.17, 15) is 9.18 Å². The lowest BCUT2D eigenvalue weighted by Gasteiger charge is -2.40. The van der Waals surface area contributed by atoms with Gasteiger partial charge in [-0.1, -0.05) is 48.5 Å². The SMILES string of the molecule is NC(=O)C1(Cc2ccc(-c3ccccc3F)cc2)CCN(Cc2cccnc2)CC1. The number of aromatic nitrogens is 1. The van der Waals surface area contributed by atoms with Crippen LogP contribution in [0.15, 0.2) is 73.1 Å². The van der Waals surface area contributed by atoms with E-state index < -0.39 is 5.41 Å². The molecule has 5 heteroatoms. The molecular weight excluding hydrogens is 377 g/mol. The van der Waals surface area contributed by atoms with Crippen molar-refractivity contribution in [2.24, 2.45) is 11.1 Å². The van der Waals surface area contributed by atoms with Gasteiger partial charge in [0.05, 0.1) is 5.41 Å². The van der Waals surface area contributed by atoms with E-state index >= 15 is 0 Å². The van der Waals surface area contributed by atoms with Crippen LogP contribution in [0.4, 0.5) is 4.39 Å². The number of hydrogen-bond donors (Lipinski definition) is 1. The van der Waals surface area contributed by atoms with Crippen molar-refractivity contribution in [2.75, 3.05) is 13.1 Å². The molecule has 1 aromatic heterocycles. The van der Waals surface area contributed by atoms with Crippen LogP contribution in [0.25, 0.3) is 11.1 Å². The maximum atomic E-state index is 14.0. The maximum absolute atomic E-state index is 14.0. The Kier molecular flexibility index (Phi) is 5.91. The number of carbonyl (C=O) groups excluding carboxylic acids is 1. The Bertz CT molecular complexity index is 996. The van der Waals surface area contributed by atoms with Crippen molar-refractivity contribution < 1.29 is 9.18 Å². The van der Waals surface area contributed by atoms with Crippen molar-refractivity contribution in [3.63, 3.8) is 0 Å². The van der Waals surface area contributed by atoms with E-state index in [1.165, 1.54) is 11.6 Å². The number of piperidine rings is 1. The molecule has 30 heavy (non-hydrogen) atoms. The van der Waals surface area contributed by atoms with Crippen LogP contribution in [0.3, 0.4) is 0 Å². The highest BCUT2D eigenvalue weighted by atomic mass is 19.1. The fourth-order valence-corrected chi connectivity index (χ4v) is 4.29. The average Bonchev–Trinajstić information content (AvgIpc) is 2.77. The van der Waals surface area contributed by atoms with Crippen LogP contribution in [0.5, 0.6) is 0 Å². The summed E-state index contributed by atoms with van der Waals surface area (Å²) in [6.45, 7) is 2.48. The lowest BCUT2D eigenvalue weighted by molar-refractivity contribution is -0.130. The predicted octanol–water partition coefficient (Wildman–Crippen LogP) is 4.20. The second-order valence-electron chi connectivity index (χ2n) is 8.14. The summed E-state index contributed by atoms with van der Waals surface area (Å²) in [5, 5.41) is 0. The summed E-state index contributed by atoms with van der Waals surface area (Å²) in [5.41, 5.74) is 8.97. The number of nitrogens with zero attached hydrogens (tertiary/aromatic N) is 2. The first-order chi connectivity index (χ1) is 14.6. The highest BCUT2D eigenvalue weighted by Crippen LogP contribution is 2.36. The zero-order valence-electron chi connectivity index (χ0n) is 16.9. The Labute approximate surface area is 176 Å². The van der Waals surface area contributed by atoms with Gasteiger partial charge in [0, 0.05) is 24.5 Å². The van der Waals surface area contributed by atoms with Crippen molar-refractivity contribution in [3.8, 4) is 11.1 Å². The van der Waals surface area contributed by atoms with E-state index in [1.54, 1.807) is 18.3 Å². The van der Waals surface area contributed by atoms with Gasteiger partial charge in [0.15, 0.2) is 0 Å². The number of amides is 1. The average molecular weight is 404 g/mol. The van der Waals surface area contributed by atoms with Gasteiger partial charge in [-0.05, 0) is 61.2 Å². The first kappa shape index (κ1) is 20.2. The standard InChI is InChI=1S/C25H26FN3O/c26-23-6-2-1-5-22(23)21-9-7-19(8-10-21)16-25(24(27)30)11-14-29(15-12-25)18-20-4-3-13-28-17-20/h1-10,13,17H,11-12,14-16,18H2,(H2,27,30). The van der Waals surface area contributed by atoms with E-state index in [-0.39, 0.29) is 11.7 Å². The number of hydrogen-bond acceptors (Lipinski definition) is 3. The second-order valence-corrected chi connectivity index (χ2v) is 8.14. The second kappa shape index (κ2) is 8.76. The van der Waals surface area contributed by atoms with Gasteiger partial charge < -0.3 is 5.73 Å². The molecule has 2 aromatic carbocycles. The Morgan fingerprint density at radius 1 is 1.00 bits per heavy atom. The van der Waals surface area contributed by atoms with Gasteiger partial charge in [-0.25, -0.2) is 4.39 Å². The number of benzene rings is 2. The van der Waals surface area contributed by atoms with E-state index in [4.69, 9.17) is 5.73 Å². The molecule has 0 bridgehead atoms. The zero-order chi connectivity index (χ0) is 21.0. The monoisotopic (exact) mass is 403 g/mol. The van der Waals surface area contributed by atoms with Crippen LogP contribution in [-0.2, 0) is 17.8 Å². The van der Waals surface area contributed by atoms with Crippen LogP contribution in [0.1, 0.15) is 24.0 Å². The molecule has 4 rings (SSSR count). The van der Waals surface area contributed by atoms with Crippen molar-refractivity contribution >= 4 is 5.91 Å². The molecule has 0 spiro atoms. The third kappa shape index (κ3) is 4.41. The van der Waals surface area contributed by atoms with Crippen LogP contribution in [0.2, 0.25) is 0 Å². The normalized spacial score (nSPS) is 16.3. The lowest BCUT2D eigenvalue weighted by Crippen LogP contribution is -2.48. The van der Waals surface area contributed by atoms with Gasteiger partial charge in [-0.3, -0.25) is 14.7 Å². The molecule has 0 unspecified atom stereocenters. The minimum atomic E-state index is -0.537. The van der Waals surface area contributed by atoms with Gasteiger partial charge in [0.2, 0.25) is 5.91 Å². The summed E-state index contributed by atoms with van der Waals surface area (Å²) >= 11 is 0. The summed E-state index contributed by atoms with van der Waals surface area (Å²) in [4.78, 5) is 18.9. The lowest BCUT2D eigenvalue weighted by atomic mass is 9.73. The van der Waals surface area contributed by atoms with Crippen molar-refractivity contribution in [1.82, 2.24) is 9.88 Å². The van der Waals surface area contributed by atoms with Crippen molar-refractivity contribution in [1.29, 1.82) is 0 Å². The smallest absolute Gasteiger partial charge is 0.224 e. The van der Waals surface area contributed by atoms with E-state index in [1.807, 2.05) is 42.6 Å². The molecule has 1 fully saturated rings. The third-order valence-corrected chi connectivity index (χ3v) is 6.15. The predicted molar refractivity (Wildman–Crippen MR) is 116 cm³/mol. The number of likely N-dealkylation sites (tertiary alicyclic amines) is 1. The molecule has 1 saturated heterocycles. The molecule has 0 atom stereocenters. The van der Waals surface area contributed by atoms with Crippen LogP contribution < -0.4 is 5.73 Å². The van der Waals surface area contributed by atoms with Crippen LogP contribution >= 0.6 is 0 Å². The molecule has 1 amide bonds. The van der Waals surface area contributed by atoms with Crippen LogP contribution in [-0.4, -0.2) is 28.9 Å². The summed E-state index contributed by atoms with van der Waals surface area (Å²) in [6.07, 6.45) is 5.73. The zero-order valence-corrected chi connectivity index (χ0v) is 16.9. The maximum Gasteiger partial charge on any atom is 0.224 e.